The lowest BCUT2D eigenvalue weighted by Gasteiger charge is -2.30. The maximum absolute atomic E-state index is 13.1. The molecule has 186 valence electrons. The van der Waals surface area contributed by atoms with Crippen molar-refractivity contribution >= 4 is 24.5 Å². The lowest BCUT2D eigenvalue weighted by molar-refractivity contribution is -0.768. The second kappa shape index (κ2) is 11.7. The zero-order chi connectivity index (χ0) is 26.3. The van der Waals surface area contributed by atoms with Gasteiger partial charge in [-0.15, -0.1) is 20.2 Å². The van der Waals surface area contributed by atoms with Crippen LogP contribution >= 0.6 is 0 Å². The van der Waals surface area contributed by atoms with Crippen LogP contribution in [0.5, 0.6) is 0 Å². The molecule has 0 aliphatic carbocycles. The van der Waals surface area contributed by atoms with Gasteiger partial charge < -0.3 is 14.6 Å². The average molecular weight is 482 g/mol. The number of carbonyl (C=O) groups is 4. The highest BCUT2D eigenvalue weighted by molar-refractivity contribution is 6.07. The van der Waals surface area contributed by atoms with Crippen molar-refractivity contribution < 1.29 is 39.0 Å². The lowest BCUT2D eigenvalue weighted by Crippen LogP contribution is -2.45. The molecule has 0 aliphatic heterocycles. The second-order valence-electron chi connectivity index (χ2n) is 7.66. The van der Waals surface area contributed by atoms with E-state index in [4.69, 9.17) is 0 Å². The van der Waals surface area contributed by atoms with Crippen LogP contribution in [0.4, 0.5) is 0 Å². The Morgan fingerprint density at radius 1 is 0.912 bits per heavy atom. The van der Waals surface area contributed by atoms with Crippen molar-refractivity contribution in [2.75, 3.05) is 7.05 Å². The number of nitrogens with zero attached hydrogens (tertiary/aromatic N) is 4. The van der Waals surface area contributed by atoms with Gasteiger partial charge in [0.2, 0.25) is 6.41 Å². The Bertz CT molecular complexity index is 982. The van der Waals surface area contributed by atoms with E-state index in [2.05, 4.69) is 9.68 Å². The molecule has 0 aromatic heterocycles. The van der Waals surface area contributed by atoms with E-state index in [1.165, 1.54) is 47.7 Å². The molecule has 4 unspecified atom stereocenters. The first-order valence-corrected chi connectivity index (χ1v) is 10.0. The topological polar surface area (TPSA) is 179 Å². The van der Waals surface area contributed by atoms with Gasteiger partial charge >= 0.3 is 0 Å². The fourth-order valence-electron chi connectivity index (χ4n) is 3.07. The number of hydrogen-bond donors (Lipinski definition) is 0. The number of likely N-dealkylation sites (N-methyl/N-ethyl adjacent to an activating group) is 1. The minimum atomic E-state index is -1.14. The Kier molecular flexibility index (Phi) is 9.59. The van der Waals surface area contributed by atoms with E-state index in [1.54, 1.807) is 0 Å². The molecule has 0 bridgehead atoms. The predicted octanol–water partition coefficient (Wildman–Crippen LogP) is 1.45. The average Bonchev–Trinajstić information content (AvgIpc) is 2.76. The van der Waals surface area contributed by atoms with Crippen molar-refractivity contribution in [2.24, 2.45) is 0 Å². The lowest BCUT2D eigenvalue weighted by atomic mass is 9.97. The molecule has 3 amide bonds. The molecular weight excluding hydrogens is 456 g/mol. The largest absolute Gasteiger partial charge is 0.337 e. The molecule has 14 nitrogen and oxygen atoms in total. The van der Waals surface area contributed by atoms with Crippen molar-refractivity contribution in [3.8, 4) is 0 Å². The molecule has 14 heteroatoms. The third-order valence-electron chi connectivity index (χ3n) is 5.57. The number of imide groups is 1. The fraction of sp³-hybridized carbons (Fsp3) is 0.500. The van der Waals surface area contributed by atoms with Gasteiger partial charge in [-0.3, -0.25) is 24.1 Å². The van der Waals surface area contributed by atoms with Crippen LogP contribution in [0.15, 0.2) is 12.1 Å². The summed E-state index contributed by atoms with van der Waals surface area (Å²) < 4.78 is 0. The van der Waals surface area contributed by atoms with Crippen LogP contribution in [0.3, 0.4) is 0 Å². The van der Waals surface area contributed by atoms with Crippen LogP contribution in [0.2, 0.25) is 0 Å². The summed E-state index contributed by atoms with van der Waals surface area (Å²) in [6.45, 7) is 7.05. The number of hydrogen-bond acceptors (Lipinski definition) is 10. The van der Waals surface area contributed by atoms with Crippen LogP contribution in [0, 0.1) is 27.2 Å². The molecule has 0 radical (unpaired) electrons. The quantitative estimate of drug-likeness (QED) is 0.240. The normalized spacial score (nSPS) is 14.1. The predicted molar refractivity (Wildman–Crippen MR) is 115 cm³/mol. The van der Waals surface area contributed by atoms with Gasteiger partial charge in [0.1, 0.15) is 12.2 Å². The van der Waals surface area contributed by atoms with E-state index in [1.807, 2.05) is 0 Å². The number of rotatable bonds is 12. The number of aldehydes is 1. The summed E-state index contributed by atoms with van der Waals surface area (Å²) in [4.78, 5) is 81.4. The van der Waals surface area contributed by atoms with Crippen LogP contribution in [-0.4, -0.2) is 75.8 Å². The Labute approximate surface area is 194 Å². The molecule has 0 N–H and O–H groups in total. The first-order chi connectivity index (χ1) is 15.8. The Morgan fingerprint density at radius 3 is 1.85 bits per heavy atom. The zero-order valence-corrected chi connectivity index (χ0v) is 19.5. The zero-order valence-electron chi connectivity index (χ0n) is 19.5. The minimum absolute atomic E-state index is 0.0447. The van der Waals surface area contributed by atoms with Gasteiger partial charge in [-0.05, 0) is 52.3 Å². The van der Waals surface area contributed by atoms with Crippen molar-refractivity contribution in [2.45, 2.75) is 58.9 Å². The van der Waals surface area contributed by atoms with Crippen LogP contribution < -0.4 is 0 Å². The molecule has 0 saturated heterocycles. The molecule has 0 spiro atoms. The molecule has 4 atom stereocenters. The highest BCUT2D eigenvalue weighted by Gasteiger charge is 2.31. The molecule has 0 heterocycles. The standard InChI is InChI=1S/C20H26N4O10/c1-11-7-16(9-25)18(19(27)21(6)12(2)14(4)33-23(29)30)8-17(11)20(28)22(10-26)13(3)15(5)34-24(31)32/h7-10,12-15H,1-6H3. The third-order valence-corrected chi connectivity index (χ3v) is 5.57. The summed E-state index contributed by atoms with van der Waals surface area (Å²) in [6.07, 6.45) is -1.54. The molecular formula is C20H26N4O10. The summed E-state index contributed by atoms with van der Waals surface area (Å²) in [5.74, 6) is -1.59. The summed E-state index contributed by atoms with van der Waals surface area (Å²) in [5, 5.41) is 19.2. The summed E-state index contributed by atoms with van der Waals surface area (Å²) in [7, 11) is 1.35. The van der Waals surface area contributed by atoms with Crippen LogP contribution in [0.1, 0.15) is 64.3 Å². The molecule has 1 aromatic carbocycles. The third kappa shape index (κ3) is 6.46. The van der Waals surface area contributed by atoms with E-state index >= 15 is 0 Å². The van der Waals surface area contributed by atoms with Crippen LogP contribution in [0.25, 0.3) is 0 Å². The number of amides is 3. The van der Waals surface area contributed by atoms with Gasteiger partial charge in [0.25, 0.3) is 22.0 Å². The van der Waals surface area contributed by atoms with Gasteiger partial charge in [0, 0.05) is 18.2 Å². The van der Waals surface area contributed by atoms with E-state index in [0.717, 1.165) is 11.0 Å². The van der Waals surface area contributed by atoms with Gasteiger partial charge in [-0.2, -0.15) is 0 Å². The smallest absolute Gasteiger partial charge is 0.294 e. The summed E-state index contributed by atoms with van der Waals surface area (Å²) in [5.41, 5.74) is -0.0560. The fourth-order valence-corrected chi connectivity index (χ4v) is 3.07. The summed E-state index contributed by atoms with van der Waals surface area (Å²) in [6, 6.07) is 0.592. The number of carbonyl (C=O) groups excluding carboxylic acids is 4. The first-order valence-electron chi connectivity index (χ1n) is 10.0. The highest BCUT2D eigenvalue weighted by atomic mass is 17.0. The van der Waals surface area contributed by atoms with Gasteiger partial charge in [-0.1, -0.05) is 0 Å². The van der Waals surface area contributed by atoms with Crippen molar-refractivity contribution in [3.05, 3.63) is 54.6 Å². The Hall–Kier alpha value is -4.10. The van der Waals surface area contributed by atoms with Crippen LogP contribution in [-0.2, 0) is 14.5 Å². The molecule has 1 rings (SSSR count). The first kappa shape index (κ1) is 27.9. The van der Waals surface area contributed by atoms with Crippen molar-refractivity contribution in [1.29, 1.82) is 0 Å². The van der Waals surface area contributed by atoms with Gasteiger partial charge in [0.05, 0.1) is 17.6 Å². The SMILES string of the molecule is Cc1cc(C=O)c(C(=O)N(C)C(C)C(C)O[N+](=O)[O-])cc1C(=O)N(C=O)C(C)C(C)O[N+](=O)[O-]. The Balaban J connectivity index is 3.39. The van der Waals surface area contributed by atoms with Crippen molar-refractivity contribution in [3.63, 3.8) is 0 Å². The summed E-state index contributed by atoms with van der Waals surface area (Å²) >= 11 is 0. The maximum atomic E-state index is 13.1. The molecule has 0 saturated carbocycles. The number of benzene rings is 1. The van der Waals surface area contributed by atoms with E-state index in [0.29, 0.717) is 11.2 Å². The minimum Gasteiger partial charge on any atom is -0.337 e. The van der Waals surface area contributed by atoms with Crippen molar-refractivity contribution in [1.82, 2.24) is 9.80 Å². The van der Waals surface area contributed by atoms with E-state index in [9.17, 15) is 39.4 Å². The van der Waals surface area contributed by atoms with E-state index in [-0.39, 0.29) is 28.7 Å². The Morgan fingerprint density at radius 2 is 1.41 bits per heavy atom. The highest BCUT2D eigenvalue weighted by Crippen LogP contribution is 2.22. The van der Waals surface area contributed by atoms with Gasteiger partial charge in [0.15, 0.2) is 6.29 Å². The molecule has 1 aromatic rings. The molecule has 0 fully saturated rings. The molecule has 34 heavy (non-hydrogen) atoms. The molecule has 0 aliphatic rings. The van der Waals surface area contributed by atoms with E-state index < -0.39 is 46.3 Å². The van der Waals surface area contributed by atoms with Gasteiger partial charge in [-0.25, -0.2) is 0 Å². The number of aryl methyl sites for hydroxylation is 1. The maximum Gasteiger partial charge on any atom is 0.294 e. The second-order valence-corrected chi connectivity index (χ2v) is 7.66. The monoisotopic (exact) mass is 482 g/mol.